The molecule has 8 nitrogen and oxygen atoms in total. The van der Waals surface area contributed by atoms with Gasteiger partial charge in [0.05, 0.1) is 6.20 Å². The number of hydrogen-bond acceptors (Lipinski definition) is 6. The van der Waals surface area contributed by atoms with Crippen molar-refractivity contribution in [3.8, 4) is 11.1 Å². The number of amides is 1. The number of nitrogens with one attached hydrogen (secondary N) is 2. The van der Waals surface area contributed by atoms with Crippen molar-refractivity contribution < 1.29 is 18.0 Å². The summed E-state index contributed by atoms with van der Waals surface area (Å²) in [6.45, 7) is 0.0217. The molecule has 0 unspecified atom stereocenters. The molecule has 12 heteroatoms. The zero-order valence-electron chi connectivity index (χ0n) is 17.6. The van der Waals surface area contributed by atoms with E-state index in [4.69, 9.17) is 11.6 Å². The van der Waals surface area contributed by atoms with E-state index >= 15 is 0 Å². The highest BCUT2D eigenvalue weighted by molar-refractivity contribution is 6.30. The summed E-state index contributed by atoms with van der Waals surface area (Å²) in [4.78, 5) is 21.3. The van der Waals surface area contributed by atoms with Gasteiger partial charge < -0.3 is 15.5 Å². The second-order valence-corrected chi connectivity index (χ2v) is 8.14. The zero-order chi connectivity index (χ0) is 23.6. The zero-order valence-corrected chi connectivity index (χ0v) is 18.4. The van der Waals surface area contributed by atoms with Crippen LogP contribution in [0.5, 0.6) is 0 Å². The second-order valence-electron chi connectivity index (χ2n) is 7.70. The van der Waals surface area contributed by atoms with Crippen LogP contribution in [0, 0.1) is 0 Å². The van der Waals surface area contributed by atoms with Crippen LogP contribution >= 0.6 is 11.6 Å². The first-order valence-corrected chi connectivity index (χ1v) is 10.6. The van der Waals surface area contributed by atoms with Crippen LogP contribution in [0.3, 0.4) is 0 Å². The molecule has 0 radical (unpaired) electrons. The molecule has 0 atom stereocenters. The highest BCUT2D eigenvalue weighted by Gasteiger charge is 2.43. The predicted molar refractivity (Wildman–Crippen MR) is 118 cm³/mol. The number of carbonyl (C=O) groups is 1. The molecular formula is C21H21ClF3N7O. The number of nitrogens with zero attached hydrogens (tertiary/aromatic N) is 5. The van der Waals surface area contributed by atoms with Crippen LogP contribution in [-0.2, 0) is 11.8 Å². The molecule has 4 rings (SSSR count). The van der Waals surface area contributed by atoms with Gasteiger partial charge in [0.2, 0.25) is 5.95 Å². The lowest BCUT2D eigenvalue weighted by Gasteiger charge is -2.33. The van der Waals surface area contributed by atoms with Crippen molar-refractivity contribution in [2.75, 3.05) is 23.7 Å². The molecule has 3 aromatic rings. The Morgan fingerprint density at radius 2 is 1.97 bits per heavy atom. The average molecular weight is 480 g/mol. The molecule has 2 aromatic heterocycles. The summed E-state index contributed by atoms with van der Waals surface area (Å²) in [5.41, 5.74) is 2.20. The summed E-state index contributed by atoms with van der Waals surface area (Å²) in [7, 11) is 1.79. The molecule has 1 aromatic carbocycles. The van der Waals surface area contributed by atoms with Gasteiger partial charge in [-0.25, -0.2) is 4.98 Å². The van der Waals surface area contributed by atoms with Gasteiger partial charge in [-0.3, -0.25) is 9.48 Å². The Morgan fingerprint density at radius 3 is 2.61 bits per heavy atom. The molecule has 1 amide bonds. The number of aryl methyl sites for hydroxylation is 1. The van der Waals surface area contributed by atoms with Crippen LogP contribution in [0.15, 0.2) is 42.9 Å². The van der Waals surface area contributed by atoms with E-state index in [0.717, 1.165) is 10.5 Å². The number of aromatic nitrogens is 4. The number of hydrogen-bond donors (Lipinski definition) is 2. The summed E-state index contributed by atoms with van der Waals surface area (Å²) < 4.78 is 39.8. The molecular weight excluding hydrogens is 459 g/mol. The van der Waals surface area contributed by atoms with E-state index in [1.165, 1.54) is 0 Å². The lowest BCUT2D eigenvalue weighted by Crippen LogP contribution is -2.47. The maximum Gasteiger partial charge on any atom is 0.471 e. The van der Waals surface area contributed by atoms with Crippen molar-refractivity contribution in [3.63, 3.8) is 0 Å². The molecule has 1 aliphatic rings. The van der Waals surface area contributed by atoms with Crippen molar-refractivity contribution in [1.29, 1.82) is 0 Å². The van der Waals surface area contributed by atoms with E-state index < -0.39 is 12.1 Å². The van der Waals surface area contributed by atoms with Gasteiger partial charge in [0, 0.05) is 60.4 Å². The Bertz CT molecular complexity index is 1140. The molecule has 0 saturated carbocycles. The molecule has 2 N–H and O–H groups in total. The maximum atomic E-state index is 12.7. The average Bonchev–Trinajstić information content (AvgIpc) is 3.19. The number of anilines is 3. The van der Waals surface area contributed by atoms with E-state index in [9.17, 15) is 18.0 Å². The highest BCUT2D eigenvalue weighted by atomic mass is 35.5. The van der Waals surface area contributed by atoms with Crippen LogP contribution < -0.4 is 10.6 Å². The Morgan fingerprint density at radius 1 is 1.21 bits per heavy atom. The number of likely N-dealkylation sites (tertiary alicyclic amines) is 1. The van der Waals surface area contributed by atoms with Crippen LogP contribution in [0.1, 0.15) is 12.8 Å². The fourth-order valence-electron chi connectivity index (χ4n) is 3.62. The maximum absolute atomic E-state index is 12.7. The van der Waals surface area contributed by atoms with Gasteiger partial charge in [-0.1, -0.05) is 17.7 Å². The van der Waals surface area contributed by atoms with E-state index in [1.54, 1.807) is 42.3 Å². The molecule has 174 valence electrons. The van der Waals surface area contributed by atoms with Crippen LogP contribution in [0.25, 0.3) is 11.1 Å². The topological polar surface area (TPSA) is 88.0 Å². The largest absolute Gasteiger partial charge is 0.471 e. The minimum atomic E-state index is -4.86. The number of rotatable bonds is 5. The Kier molecular flexibility index (Phi) is 6.41. The lowest BCUT2D eigenvalue weighted by atomic mass is 10.0. The molecule has 0 aliphatic carbocycles. The third kappa shape index (κ3) is 5.54. The summed E-state index contributed by atoms with van der Waals surface area (Å²) in [5.74, 6) is -0.952. The molecule has 0 bridgehead atoms. The lowest BCUT2D eigenvalue weighted by molar-refractivity contribution is -0.186. The molecule has 33 heavy (non-hydrogen) atoms. The van der Waals surface area contributed by atoms with Crippen molar-refractivity contribution >= 4 is 35.0 Å². The van der Waals surface area contributed by atoms with Crippen LogP contribution in [0.4, 0.5) is 30.6 Å². The summed E-state index contributed by atoms with van der Waals surface area (Å²) >= 11 is 6.04. The fraction of sp³-hybridized carbons (Fsp3) is 0.333. The molecule has 3 heterocycles. The van der Waals surface area contributed by atoms with Gasteiger partial charge in [-0.15, -0.1) is 0 Å². The first-order valence-electron chi connectivity index (χ1n) is 10.2. The van der Waals surface area contributed by atoms with Gasteiger partial charge in [-0.05, 0) is 31.0 Å². The van der Waals surface area contributed by atoms with Crippen molar-refractivity contribution in [3.05, 3.63) is 47.9 Å². The quantitative estimate of drug-likeness (QED) is 0.569. The monoisotopic (exact) mass is 479 g/mol. The molecule has 1 aliphatic heterocycles. The number of piperidine rings is 1. The van der Waals surface area contributed by atoms with Crippen LogP contribution in [0.2, 0.25) is 5.02 Å². The first kappa shape index (κ1) is 22.8. The number of carbonyl (C=O) groups excluding carboxylic acids is 1. The van der Waals surface area contributed by atoms with Gasteiger partial charge in [0.1, 0.15) is 5.82 Å². The standard InChI is InChI=1S/C21H21ClF3N7O/c1-31-12-13(10-27-31)17-11-26-20(29-16-4-2-3-14(22)9-16)30-18(17)28-15-5-7-32(8-6-15)19(33)21(23,24)25/h2-4,9-12,15H,5-8H2,1H3,(H2,26,28,29,30). The molecule has 1 fully saturated rings. The SMILES string of the molecule is Cn1cc(-c2cnc(Nc3cccc(Cl)c3)nc2NC2CCN(C(=O)C(F)(F)F)CC2)cn1. The van der Waals surface area contributed by atoms with E-state index in [0.29, 0.717) is 40.9 Å². The van der Waals surface area contributed by atoms with Crippen LogP contribution in [-0.4, -0.2) is 55.9 Å². The number of benzene rings is 1. The van der Waals surface area contributed by atoms with Crippen molar-refractivity contribution in [2.24, 2.45) is 7.05 Å². The Labute approximate surface area is 192 Å². The number of alkyl halides is 3. The first-order chi connectivity index (χ1) is 15.7. The van der Waals surface area contributed by atoms with Gasteiger partial charge in [0.25, 0.3) is 0 Å². The van der Waals surface area contributed by atoms with E-state index in [2.05, 4.69) is 25.7 Å². The molecule has 0 spiro atoms. The fourth-order valence-corrected chi connectivity index (χ4v) is 3.81. The summed E-state index contributed by atoms with van der Waals surface area (Å²) in [6, 6.07) is 6.95. The van der Waals surface area contributed by atoms with Gasteiger partial charge >= 0.3 is 12.1 Å². The number of halogens is 4. The van der Waals surface area contributed by atoms with Crippen molar-refractivity contribution in [1.82, 2.24) is 24.6 Å². The van der Waals surface area contributed by atoms with Gasteiger partial charge in [0.15, 0.2) is 0 Å². The molecule has 1 saturated heterocycles. The van der Waals surface area contributed by atoms with Crippen molar-refractivity contribution in [2.45, 2.75) is 25.1 Å². The van der Waals surface area contributed by atoms with Gasteiger partial charge in [-0.2, -0.15) is 23.3 Å². The minimum Gasteiger partial charge on any atom is -0.367 e. The van der Waals surface area contributed by atoms with E-state index in [-0.39, 0.29) is 19.1 Å². The Balaban J connectivity index is 1.54. The minimum absolute atomic E-state index is 0.0109. The van der Waals surface area contributed by atoms with E-state index in [1.807, 2.05) is 12.3 Å². The third-order valence-corrected chi connectivity index (χ3v) is 5.49. The normalized spacial score (nSPS) is 14.9. The highest BCUT2D eigenvalue weighted by Crippen LogP contribution is 2.30. The predicted octanol–water partition coefficient (Wildman–Crippen LogP) is 4.24. The smallest absolute Gasteiger partial charge is 0.367 e. The third-order valence-electron chi connectivity index (χ3n) is 5.25. The second kappa shape index (κ2) is 9.26. The summed E-state index contributed by atoms with van der Waals surface area (Å²) in [5, 5.41) is 11.2. The summed E-state index contributed by atoms with van der Waals surface area (Å²) in [6.07, 6.45) is 1.00. The Hall–Kier alpha value is -3.34.